The Hall–Kier alpha value is -1.90. The third-order valence-electron chi connectivity index (χ3n) is 4.71. The van der Waals surface area contributed by atoms with Gasteiger partial charge in [0, 0.05) is 22.1 Å². The van der Waals surface area contributed by atoms with Crippen molar-refractivity contribution in [1.82, 2.24) is 0 Å². The van der Waals surface area contributed by atoms with Gasteiger partial charge < -0.3 is 10.1 Å². The second-order valence-electron chi connectivity index (χ2n) is 6.60. The number of rotatable bonds is 3. The maximum absolute atomic E-state index is 13.5. The Bertz CT molecular complexity index is 1040. The number of benzene rings is 2. The topological polar surface area (TPSA) is 75.7 Å². The lowest BCUT2D eigenvalue weighted by Crippen LogP contribution is -2.43. The number of nitrogens with one attached hydrogen (secondary N) is 1. The number of hydrogen-bond donors (Lipinski definition) is 1. The van der Waals surface area contributed by atoms with Gasteiger partial charge in [-0.25, -0.2) is 8.42 Å². The van der Waals surface area contributed by atoms with Crippen LogP contribution in [-0.2, 0) is 14.8 Å². The zero-order valence-electron chi connectivity index (χ0n) is 15.1. The molecule has 0 saturated heterocycles. The van der Waals surface area contributed by atoms with E-state index in [0.717, 1.165) is 4.90 Å². The molecule has 1 N–H and O–H groups in total. The average molecular weight is 439 g/mol. The van der Waals surface area contributed by atoms with Crippen LogP contribution in [0.5, 0.6) is 5.75 Å². The van der Waals surface area contributed by atoms with Crippen molar-refractivity contribution in [2.24, 2.45) is 0 Å². The Morgan fingerprint density at radius 2 is 2.11 bits per heavy atom. The fraction of sp³-hybridized carbons (Fsp3) is 0.316. The molecule has 2 aromatic carbocycles. The molecule has 1 atom stereocenters. The van der Waals surface area contributed by atoms with Crippen LogP contribution in [0.25, 0.3) is 0 Å². The molecular formula is C19H19ClN2O4S2. The monoisotopic (exact) mass is 438 g/mol. The number of carbonyl (C=O) groups is 1. The second-order valence-corrected chi connectivity index (χ2v) is 10.0. The third kappa shape index (κ3) is 3.56. The summed E-state index contributed by atoms with van der Waals surface area (Å²) in [6.07, 6.45) is 0.819. The number of sulfonamides is 1. The molecule has 0 unspecified atom stereocenters. The van der Waals surface area contributed by atoms with Gasteiger partial charge in [-0.3, -0.25) is 9.10 Å². The van der Waals surface area contributed by atoms with E-state index in [2.05, 4.69) is 5.32 Å². The highest BCUT2D eigenvalue weighted by Gasteiger charge is 2.34. The van der Waals surface area contributed by atoms with Gasteiger partial charge >= 0.3 is 0 Å². The lowest BCUT2D eigenvalue weighted by Gasteiger charge is -2.35. The molecule has 28 heavy (non-hydrogen) atoms. The fourth-order valence-electron chi connectivity index (χ4n) is 3.21. The maximum atomic E-state index is 13.5. The number of anilines is 2. The van der Waals surface area contributed by atoms with Gasteiger partial charge in [0.2, 0.25) is 5.91 Å². The summed E-state index contributed by atoms with van der Waals surface area (Å²) >= 11 is 7.64. The summed E-state index contributed by atoms with van der Waals surface area (Å²) in [4.78, 5) is 12.9. The predicted octanol–water partition coefficient (Wildman–Crippen LogP) is 4.14. The highest BCUT2D eigenvalue weighted by atomic mass is 35.5. The molecule has 0 bridgehead atoms. The van der Waals surface area contributed by atoms with E-state index in [-0.39, 0.29) is 23.5 Å². The van der Waals surface area contributed by atoms with Crippen LogP contribution in [0.2, 0.25) is 5.02 Å². The fourth-order valence-corrected chi connectivity index (χ4v) is 5.84. The summed E-state index contributed by atoms with van der Waals surface area (Å²) in [5, 5.41) is 3.23. The summed E-state index contributed by atoms with van der Waals surface area (Å²) < 4.78 is 34.2. The van der Waals surface area contributed by atoms with Crippen LogP contribution in [0.15, 0.2) is 46.2 Å². The number of halogens is 1. The van der Waals surface area contributed by atoms with Gasteiger partial charge in [-0.2, -0.15) is 0 Å². The minimum absolute atomic E-state index is 0.115. The highest BCUT2D eigenvalue weighted by Crippen LogP contribution is 2.40. The van der Waals surface area contributed by atoms with E-state index in [9.17, 15) is 13.2 Å². The molecule has 2 aromatic rings. The Morgan fingerprint density at radius 1 is 1.29 bits per heavy atom. The lowest BCUT2D eigenvalue weighted by atomic mass is 10.2. The number of fused-ring (bicyclic) bond motifs is 2. The first kappa shape index (κ1) is 19.4. The van der Waals surface area contributed by atoms with Gasteiger partial charge in [0.1, 0.15) is 11.9 Å². The maximum Gasteiger partial charge on any atom is 0.264 e. The Morgan fingerprint density at radius 3 is 2.89 bits per heavy atom. The standard InChI is InChI=1S/C19H19ClN2O4S2/c1-2-13-11-22(16-9-12(20)3-5-17(16)26-13)28(24,25)14-4-6-18-15(10-14)21-19(23)7-8-27-18/h3-6,9-10,13H,2,7-8,11H2,1H3,(H,21,23)/t13-/m0/s1. The summed E-state index contributed by atoms with van der Waals surface area (Å²) in [7, 11) is -3.86. The zero-order valence-corrected chi connectivity index (χ0v) is 17.5. The molecule has 4 rings (SSSR count). The Balaban J connectivity index is 1.78. The number of amides is 1. The van der Waals surface area contributed by atoms with Gasteiger partial charge in [0.15, 0.2) is 0 Å². The van der Waals surface area contributed by atoms with E-state index in [0.29, 0.717) is 40.7 Å². The minimum Gasteiger partial charge on any atom is -0.486 e. The van der Waals surface area contributed by atoms with Crippen LogP contribution in [-0.4, -0.2) is 32.7 Å². The Labute approximate surface area is 173 Å². The number of hydrogen-bond acceptors (Lipinski definition) is 5. The number of nitrogens with zero attached hydrogens (tertiary/aromatic N) is 1. The van der Waals surface area contributed by atoms with Crippen LogP contribution in [0.4, 0.5) is 11.4 Å². The highest BCUT2D eigenvalue weighted by molar-refractivity contribution is 7.99. The number of ether oxygens (including phenoxy) is 1. The molecule has 0 aliphatic carbocycles. The first-order valence-corrected chi connectivity index (χ1v) is 11.7. The quantitative estimate of drug-likeness (QED) is 0.779. The van der Waals surface area contributed by atoms with E-state index in [1.54, 1.807) is 30.3 Å². The van der Waals surface area contributed by atoms with Crippen molar-refractivity contribution in [2.45, 2.75) is 35.7 Å². The lowest BCUT2D eigenvalue weighted by molar-refractivity contribution is -0.115. The van der Waals surface area contributed by atoms with Crippen molar-refractivity contribution in [2.75, 3.05) is 21.9 Å². The van der Waals surface area contributed by atoms with E-state index >= 15 is 0 Å². The molecule has 0 saturated carbocycles. The first-order chi connectivity index (χ1) is 13.4. The van der Waals surface area contributed by atoms with E-state index in [4.69, 9.17) is 16.3 Å². The summed E-state index contributed by atoms with van der Waals surface area (Å²) in [6.45, 7) is 2.15. The molecule has 0 fully saturated rings. The minimum atomic E-state index is -3.86. The largest absolute Gasteiger partial charge is 0.486 e. The van der Waals surface area contributed by atoms with Gasteiger partial charge in [-0.05, 0) is 42.8 Å². The summed E-state index contributed by atoms with van der Waals surface area (Å²) in [5.41, 5.74) is 0.950. The molecule has 2 heterocycles. The predicted molar refractivity (Wildman–Crippen MR) is 111 cm³/mol. The SMILES string of the molecule is CC[C@H]1CN(S(=O)(=O)c2ccc3c(c2)NC(=O)CCS3)c2cc(Cl)ccc2O1. The van der Waals surface area contributed by atoms with E-state index < -0.39 is 10.0 Å². The van der Waals surface area contributed by atoms with Crippen LogP contribution >= 0.6 is 23.4 Å². The zero-order chi connectivity index (χ0) is 19.9. The molecule has 6 nitrogen and oxygen atoms in total. The second kappa shape index (κ2) is 7.50. The van der Waals surface area contributed by atoms with Crippen LogP contribution in [0.3, 0.4) is 0 Å². The summed E-state index contributed by atoms with van der Waals surface area (Å²) in [5.74, 6) is 1.04. The van der Waals surface area contributed by atoms with E-state index in [1.165, 1.54) is 22.1 Å². The van der Waals surface area contributed by atoms with Gasteiger partial charge in [-0.15, -0.1) is 11.8 Å². The van der Waals surface area contributed by atoms with Crippen molar-refractivity contribution in [3.05, 3.63) is 41.4 Å². The van der Waals surface area contributed by atoms with Crippen LogP contribution in [0, 0.1) is 0 Å². The van der Waals surface area contributed by atoms with Crippen LogP contribution in [0.1, 0.15) is 19.8 Å². The van der Waals surface area contributed by atoms with Crippen molar-refractivity contribution < 1.29 is 17.9 Å². The third-order valence-corrected chi connectivity index (χ3v) is 7.79. The average Bonchev–Trinajstić information content (AvgIpc) is 2.86. The van der Waals surface area contributed by atoms with E-state index in [1.807, 2.05) is 6.92 Å². The number of carbonyl (C=O) groups excluding carboxylic acids is 1. The molecule has 0 aromatic heterocycles. The molecule has 2 aliphatic heterocycles. The smallest absolute Gasteiger partial charge is 0.264 e. The van der Waals surface area contributed by atoms with Crippen molar-refractivity contribution in [3.63, 3.8) is 0 Å². The number of thioether (sulfide) groups is 1. The Kier molecular flexibility index (Phi) is 5.20. The molecule has 0 radical (unpaired) electrons. The molecule has 2 aliphatic rings. The van der Waals surface area contributed by atoms with Crippen LogP contribution < -0.4 is 14.4 Å². The normalized spacial score (nSPS) is 19.1. The molecule has 148 valence electrons. The molecular weight excluding hydrogens is 420 g/mol. The van der Waals surface area contributed by atoms with Crippen molar-refractivity contribution in [1.29, 1.82) is 0 Å². The molecule has 0 spiro atoms. The molecule has 1 amide bonds. The van der Waals surface area contributed by atoms with Gasteiger partial charge in [0.05, 0.1) is 22.8 Å². The van der Waals surface area contributed by atoms with Gasteiger partial charge in [-0.1, -0.05) is 18.5 Å². The molecule has 9 heteroatoms. The first-order valence-electron chi connectivity index (χ1n) is 8.94. The van der Waals surface area contributed by atoms with Crippen molar-refractivity contribution in [3.8, 4) is 5.75 Å². The van der Waals surface area contributed by atoms with Crippen molar-refractivity contribution >= 4 is 50.7 Å². The summed E-state index contributed by atoms with van der Waals surface area (Å²) in [6, 6.07) is 9.82. The van der Waals surface area contributed by atoms with Gasteiger partial charge in [0.25, 0.3) is 10.0 Å².